The van der Waals surface area contributed by atoms with Crippen LogP contribution in [0.25, 0.3) is 17.0 Å². The van der Waals surface area contributed by atoms with Crippen LogP contribution in [0.15, 0.2) is 30.3 Å². The van der Waals surface area contributed by atoms with Crippen molar-refractivity contribution in [1.29, 1.82) is 0 Å². The van der Waals surface area contributed by atoms with Gasteiger partial charge in [0.1, 0.15) is 11.6 Å². The maximum atomic E-state index is 12.0. The Bertz CT molecular complexity index is 1270. The van der Waals surface area contributed by atoms with Crippen LogP contribution in [0.2, 0.25) is 0 Å². The Kier molecular flexibility index (Phi) is 8.30. The number of pyridine rings is 1. The second-order valence-corrected chi connectivity index (χ2v) is 9.99. The number of nitrogens with zero attached hydrogens (tertiary/aromatic N) is 4. The van der Waals surface area contributed by atoms with Gasteiger partial charge < -0.3 is 20.7 Å². The zero-order valence-corrected chi connectivity index (χ0v) is 22.2. The van der Waals surface area contributed by atoms with Gasteiger partial charge in [0.25, 0.3) is 0 Å². The van der Waals surface area contributed by atoms with E-state index in [0.29, 0.717) is 23.7 Å². The van der Waals surface area contributed by atoms with Crippen molar-refractivity contribution in [3.63, 3.8) is 0 Å². The number of esters is 1. The van der Waals surface area contributed by atoms with Crippen LogP contribution in [-0.4, -0.2) is 52.1 Å². The topological polar surface area (TPSA) is 106 Å². The SMILES string of the molecule is CCOC(=O)/C=C/c1c(C)nc(N)nc1NC(CC)c1cc2cccc(C)c2nc1N1CCSCC1. The van der Waals surface area contributed by atoms with Crippen molar-refractivity contribution >= 4 is 52.3 Å². The van der Waals surface area contributed by atoms with E-state index in [2.05, 4.69) is 58.3 Å². The molecular formula is C27H34N6O2S. The van der Waals surface area contributed by atoms with Crippen molar-refractivity contribution < 1.29 is 9.53 Å². The van der Waals surface area contributed by atoms with E-state index in [-0.39, 0.29) is 12.0 Å². The van der Waals surface area contributed by atoms with Gasteiger partial charge in [-0.15, -0.1) is 0 Å². The number of hydrogen-bond donors (Lipinski definition) is 2. The van der Waals surface area contributed by atoms with Crippen molar-refractivity contribution in [1.82, 2.24) is 15.0 Å². The quantitative estimate of drug-likeness (QED) is 0.325. The average Bonchev–Trinajstić information content (AvgIpc) is 2.87. The molecule has 0 bridgehead atoms. The molecule has 36 heavy (non-hydrogen) atoms. The number of carbonyl (C=O) groups excluding carboxylic acids is 1. The van der Waals surface area contributed by atoms with E-state index in [0.717, 1.165) is 53.3 Å². The van der Waals surface area contributed by atoms with Crippen molar-refractivity contribution in [3.8, 4) is 0 Å². The molecule has 0 amide bonds. The van der Waals surface area contributed by atoms with Crippen LogP contribution in [-0.2, 0) is 9.53 Å². The predicted molar refractivity (Wildman–Crippen MR) is 150 cm³/mol. The highest BCUT2D eigenvalue weighted by atomic mass is 32.2. The molecule has 1 unspecified atom stereocenters. The van der Waals surface area contributed by atoms with Gasteiger partial charge in [-0.25, -0.2) is 14.8 Å². The zero-order chi connectivity index (χ0) is 25.7. The summed E-state index contributed by atoms with van der Waals surface area (Å²) in [6.07, 6.45) is 3.89. The summed E-state index contributed by atoms with van der Waals surface area (Å²) in [4.78, 5) is 28.4. The fraction of sp³-hybridized carbons (Fsp3) is 0.407. The minimum atomic E-state index is -0.411. The van der Waals surface area contributed by atoms with Crippen LogP contribution >= 0.6 is 11.8 Å². The van der Waals surface area contributed by atoms with E-state index in [9.17, 15) is 4.79 Å². The molecule has 3 heterocycles. The summed E-state index contributed by atoms with van der Waals surface area (Å²) in [6.45, 7) is 10.1. The number of aromatic nitrogens is 3. The summed E-state index contributed by atoms with van der Waals surface area (Å²) >= 11 is 1.98. The standard InChI is InChI=1S/C27H34N6O2S/c1-5-22(30-25-20(10-11-23(34)35-6-2)18(4)29-27(28)32-25)21-16-19-9-7-8-17(3)24(19)31-26(21)33-12-14-36-15-13-33/h7-11,16,22H,5-6,12-15H2,1-4H3,(H3,28,29,30,32)/b11-10+. The van der Waals surface area contributed by atoms with E-state index in [1.165, 1.54) is 11.6 Å². The molecule has 1 saturated heterocycles. The van der Waals surface area contributed by atoms with Gasteiger partial charge in [0.05, 0.1) is 23.9 Å². The lowest BCUT2D eigenvalue weighted by molar-refractivity contribution is -0.137. The Morgan fingerprint density at radius 2 is 2.00 bits per heavy atom. The number of anilines is 3. The molecule has 0 radical (unpaired) electrons. The summed E-state index contributed by atoms with van der Waals surface area (Å²) in [5.41, 5.74) is 10.7. The van der Waals surface area contributed by atoms with Crippen LogP contribution in [0.1, 0.15) is 48.7 Å². The van der Waals surface area contributed by atoms with Gasteiger partial charge in [-0.05, 0) is 44.9 Å². The minimum Gasteiger partial charge on any atom is -0.463 e. The summed E-state index contributed by atoms with van der Waals surface area (Å²) in [5, 5.41) is 4.72. The van der Waals surface area contributed by atoms with Gasteiger partial charge in [0.15, 0.2) is 0 Å². The lowest BCUT2D eigenvalue weighted by Gasteiger charge is -2.32. The molecule has 1 fully saturated rings. The third-order valence-electron chi connectivity index (χ3n) is 6.29. The molecular weight excluding hydrogens is 472 g/mol. The highest BCUT2D eigenvalue weighted by Gasteiger charge is 2.24. The molecule has 0 saturated carbocycles. The minimum absolute atomic E-state index is 0.0737. The number of fused-ring (bicyclic) bond motifs is 1. The molecule has 3 N–H and O–H groups in total. The Balaban J connectivity index is 1.78. The molecule has 0 spiro atoms. The summed E-state index contributed by atoms with van der Waals surface area (Å²) in [6, 6.07) is 8.47. The maximum absolute atomic E-state index is 12.0. The fourth-order valence-corrected chi connectivity index (χ4v) is 5.36. The number of aryl methyl sites for hydroxylation is 2. The monoisotopic (exact) mass is 506 g/mol. The molecule has 0 aliphatic carbocycles. The third kappa shape index (κ3) is 5.73. The number of ether oxygens (including phenoxy) is 1. The first-order chi connectivity index (χ1) is 17.4. The number of benzene rings is 1. The van der Waals surface area contributed by atoms with Gasteiger partial charge in [-0.1, -0.05) is 25.1 Å². The molecule has 9 heteroatoms. The highest BCUT2D eigenvalue weighted by Crippen LogP contribution is 2.35. The number of para-hydroxylation sites is 1. The third-order valence-corrected chi connectivity index (χ3v) is 7.23. The van der Waals surface area contributed by atoms with Crippen molar-refractivity contribution in [3.05, 3.63) is 52.7 Å². The molecule has 8 nitrogen and oxygen atoms in total. The Morgan fingerprint density at radius 1 is 1.22 bits per heavy atom. The van der Waals surface area contributed by atoms with Gasteiger partial charge in [0.2, 0.25) is 5.95 Å². The molecule has 4 rings (SSSR count). The smallest absolute Gasteiger partial charge is 0.330 e. The number of nitrogen functional groups attached to an aromatic ring is 1. The van der Waals surface area contributed by atoms with E-state index in [4.69, 9.17) is 15.5 Å². The summed E-state index contributed by atoms with van der Waals surface area (Å²) in [5.74, 6) is 3.53. The molecule has 3 aromatic rings. The van der Waals surface area contributed by atoms with Crippen molar-refractivity contribution in [2.24, 2.45) is 0 Å². The first-order valence-electron chi connectivity index (χ1n) is 12.4. The lowest BCUT2D eigenvalue weighted by Crippen LogP contribution is -2.34. The second kappa shape index (κ2) is 11.6. The Morgan fingerprint density at radius 3 is 2.72 bits per heavy atom. The Labute approximate surface area is 216 Å². The predicted octanol–water partition coefficient (Wildman–Crippen LogP) is 4.92. The fourth-order valence-electron chi connectivity index (χ4n) is 4.46. The Hall–Kier alpha value is -3.33. The van der Waals surface area contributed by atoms with Crippen molar-refractivity contribution in [2.75, 3.05) is 47.2 Å². The van der Waals surface area contributed by atoms with E-state index >= 15 is 0 Å². The van der Waals surface area contributed by atoms with E-state index < -0.39 is 5.97 Å². The number of thioether (sulfide) groups is 1. The molecule has 1 atom stereocenters. The average molecular weight is 507 g/mol. The second-order valence-electron chi connectivity index (χ2n) is 8.77. The van der Waals surface area contributed by atoms with Crippen LogP contribution in [0, 0.1) is 13.8 Å². The van der Waals surface area contributed by atoms with Crippen LogP contribution in [0.4, 0.5) is 17.6 Å². The molecule has 2 aromatic heterocycles. The largest absolute Gasteiger partial charge is 0.463 e. The van der Waals surface area contributed by atoms with E-state index in [1.807, 2.05) is 18.7 Å². The maximum Gasteiger partial charge on any atom is 0.330 e. The zero-order valence-electron chi connectivity index (χ0n) is 21.4. The van der Waals surface area contributed by atoms with E-state index in [1.54, 1.807) is 13.0 Å². The van der Waals surface area contributed by atoms with Gasteiger partial charge in [-0.3, -0.25) is 0 Å². The molecule has 1 aliphatic rings. The number of nitrogens with two attached hydrogens (primary N) is 1. The molecule has 190 valence electrons. The van der Waals surface area contributed by atoms with Crippen LogP contribution in [0.3, 0.4) is 0 Å². The number of hydrogen-bond acceptors (Lipinski definition) is 9. The number of rotatable bonds is 8. The number of carbonyl (C=O) groups is 1. The van der Waals surface area contributed by atoms with Crippen LogP contribution in [0.5, 0.6) is 0 Å². The van der Waals surface area contributed by atoms with Gasteiger partial charge in [-0.2, -0.15) is 16.7 Å². The lowest BCUT2D eigenvalue weighted by atomic mass is 10.00. The summed E-state index contributed by atoms with van der Waals surface area (Å²) < 4.78 is 5.04. The first kappa shape index (κ1) is 25.8. The highest BCUT2D eigenvalue weighted by molar-refractivity contribution is 7.99. The number of nitrogens with one attached hydrogen (secondary N) is 1. The van der Waals surface area contributed by atoms with Gasteiger partial charge in [0, 0.05) is 47.2 Å². The van der Waals surface area contributed by atoms with Crippen molar-refractivity contribution in [2.45, 2.75) is 40.2 Å². The van der Waals surface area contributed by atoms with Crippen LogP contribution < -0.4 is 16.0 Å². The summed E-state index contributed by atoms with van der Waals surface area (Å²) in [7, 11) is 0. The van der Waals surface area contributed by atoms with Gasteiger partial charge >= 0.3 is 5.97 Å². The molecule has 1 aromatic carbocycles. The normalized spacial score (nSPS) is 14.8. The molecule has 1 aliphatic heterocycles. The first-order valence-corrected chi connectivity index (χ1v) is 13.5.